The van der Waals surface area contributed by atoms with E-state index < -0.39 is 11.7 Å². The molecule has 2 aromatic rings. The van der Waals surface area contributed by atoms with Gasteiger partial charge in [-0.2, -0.15) is 0 Å². The molecule has 150 valence electrons. The Bertz CT molecular complexity index is 992. The van der Waals surface area contributed by atoms with Crippen molar-refractivity contribution in [2.24, 2.45) is 11.8 Å². The number of para-hydroxylation sites is 1. The maximum absolute atomic E-state index is 13.5. The lowest BCUT2D eigenvalue weighted by atomic mass is 9.91. The van der Waals surface area contributed by atoms with Crippen LogP contribution in [0.2, 0.25) is 5.02 Å². The summed E-state index contributed by atoms with van der Waals surface area (Å²) in [6, 6.07) is 12.5. The number of amides is 2. The van der Waals surface area contributed by atoms with Gasteiger partial charge in [0.25, 0.3) is 11.8 Å². The maximum atomic E-state index is 13.5. The van der Waals surface area contributed by atoms with Crippen molar-refractivity contribution in [1.82, 2.24) is 4.90 Å². The molecule has 2 atom stereocenters. The van der Waals surface area contributed by atoms with Crippen molar-refractivity contribution in [3.8, 4) is 0 Å². The number of nitrogens with zero attached hydrogens (tertiary/aromatic N) is 2. The van der Waals surface area contributed by atoms with E-state index in [4.69, 9.17) is 11.6 Å². The lowest BCUT2D eigenvalue weighted by Crippen LogP contribution is -2.42. The molecule has 0 aliphatic carbocycles. The van der Waals surface area contributed by atoms with E-state index in [2.05, 4.69) is 13.8 Å². The monoisotopic (exact) mass is 412 g/mol. The predicted molar refractivity (Wildman–Crippen MR) is 112 cm³/mol. The summed E-state index contributed by atoms with van der Waals surface area (Å²) in [6.45, 7) is 5.68. The molecule has 2 aliphatic heterocycles. The fourth-order valence-corrected chi connectivity index (χ4v) is 4.61. The molecule has 1 saturated heterocycles. The van der Waals surface area contributed by atoms with Gasteiger partial charge in [-0.3, -0.25) is 9.59 Å². The van der Waals surface area contributed by atoms with Gasteiger partial charge in [0.05, 0.1) is 16.3 Å². The maximum Gasteiger partial charge on any atom is 0.282 e. The van der Waals surface area contributed by atoms with E-state index in [-0.39, 0.29) is 5.91 Å². The standard InChI is InChI=1S/C23H22ClFN2O2/c1-14-11-15(2)13-26(12-14)21-20(16-7-9-17(25)10-8-16)22(28)27(23(21)29)19-6-4-3-5-18(19)24/h3-10,14-15H,11-13H2,1-2H3. The zero-order valence-electron chi connectivity index (χ0n) is 16.4. The number of rotatable bonds is 3. The van der Waals surface area contributed by atoms with Gasteiger partial charge in [-0.1, -0.05) is 49.7 Å². The number of halogens is 2. The highest BCUT2D eigenvalue weighted by atomic mass is 35.5. The minimum absolute atomic E-state index is 0.302. The zero-order chi connectivity index (χ0) is 20.7. The smallest absolute Gasteiger partial charge is 0.282 e. The topological polar surface area (TPSA) is 40.6 Å². The van der Waals surface area contributed by atoms with Gasteiger partial charge in [-0.15, -0.1) is 0 Å². The molecule has 2 unspecified atom stereocenters. The van der Waals surface area contributed by atoms with Crippen molar-refractivity contribution in [2.45, 2.75) is 20.3 Å². The number of anilines is 1. The Labute approximate surface area is 174 Å². The number of piperidine rings is 1. The number of likely N-dealkylation sites (tertiary alicyclic amines) is 1. The van der Waals surface area contributed by atoms with Crippen LogP contribution in [0, 0.1) is 17.7 Å². The lowest BCUT2D eigenvalue weighted by molar-refractivity contribution is -0.120. The van der Waals surface area contributed by atoms with Crippen LogP contribution in [0.25, 0.3) is 5.57 Å². The molecule has 0 N–H and O–H groups in total. The van der Waals surface area contributed by atoms with Crippen LogP contribution in [0.4, 0.5) is 10.1 Å². The first kappa shape index (κ1) is 19.6. The third kappa shape index (κ3) is 3.55. The highest BCUT2D eigenvalue weighted by molar-refractivity contribution is 6.47. The molecule has 2 aliphatic rings. The van der Waals surface area contributed by atoms with Crippen molar-refractivity contribution < 1.29 is 14.0 Å². The molecule has 4 rings (SSSR count). The molecule has 2 aromatic carbocycles. The summed E-state index contributed by atoms with van der Waals surface area (Å²) in [6.07, 6.45) is 1.08. The molecule has 2 heterocycles. The van der Waals surface area contributed by atoms with E-state index in [0.717, 1.165) is 11.3 Å². The summed E-state index contributed by atoms with van der Waals surface area (Å²) in [5.74, 6) is -0.411. The third-order valence-electron chi connectivity index (χ3n) is 5.47. The van der Waals surface area contributed by atoms with Crippen LogP contribution in [-0.4, -0.2) is 29.8 Å². The van der Waals surface area contributed by atoms with Gasteiger partial charge in [0.2, 0.25) is 0 Å². The summed E-state index contributed by atoms with van der Waals surface area (Å²) in [5, 5.41) is 0.328. The van der Waals surface area contributed by atoms with Crippen LogP contribution < -0.4 is 4.90 Å². The number of carbonyl (C=O) groups is 2. The van der Waals surface area contributed by atoms with Crippen LogP contribution in [0.5, 0.6) is 0 Å². The number of imide groups is 1. The molecular formula is C23H22ClFN2O2. The molecule has 0 aromatic heterocycles. The fourth-order valence-electron chi connectivity index (χ4n) is 4.39. The first-order valence-corrected chi connectivity index (χ1v) is 10.1. The Morgan fingerprint density at radius 2 is 1.55 bits per heavy atom. The van der Waals surface area contributed by atoms with Crippen LogP contribution in [0.1, 0.15) is 25.8 Å². The second kappa shape index (κ2) is 7.64. The van der Waals surface area contributed by atoms with Crippen molar-refractivity contribution in [3.63, 3.8) is 0 Å². The van der Waals surface area contributed by atoms with Crippen LogP contribution in [-0.2, 0) is 9.59 Å². The Morgan fingerprint density at radius 3 is 2.17 bits per heavy atom. The molecule has 2 amide bonds. The number of benzene rings is 2. The number of hydrogen-bond donors (Lipinski definition) is 0. The first-order chi connectivity index (χ1) is 13.9. The van der Waals surface area contributed by atoms with Crippen molar-refractivity contribution in [3.05, 3.63) is 70.6 Å². The summed E-state index contributed by atoms with van der Waals surface area (Å²) < 4.78 is 13.5. The van der Waals surface area contributed by atoms with Gasteiger partial charge < -0.3 is 4.90 Å². The van der Waals surface area contributed by atoms with Gasteiger partial charge in [0.1, 0.15) is 11.5 Å². The van der Waals surface area contributed by atoms with E-state index in [1.165, 1.54) is 12.1 Å². The Kier molecular flexibility index (Phi) is 5.17. The molecule has 1 fully saturated rings. The van der Waals surface area contributed by atoms with Crippen molar-refractivity contribution in [2.75, 3.05) is 18.0 Å². The second-order valence-corrected chi connectivity index (χ2v) is 8.39. The van der Waals surface area contributed by atoms with Crippen LogP contribution >= 0.6 is 11.6 Å². The molecule has 4 nitrogen and oxygen atoms in total. The van der Waals surface area contributed by atoms with Gasteiger partial charge in [0.15, 0.2) is 0 Å². The molecule has 6 heteroatoms. The quantitative estimate of drug-likeness (QED) is 0.683. The summed E-state index contributed by atoms with van der Waals surface area (Å²) in [5.41, 5.74) is 1.56. The number of carbonyl (C=O) groups excluding carboxylic acids is 2. The lowest BCUT2D eigenvalue weighted by Gasteiger charge is -2.37. The summed E-state index contributed by atoms with van der Waals surface area (Å²) in [7, 11) is 0. The molecule has 0 spiro atoms. The minimum Gasteiger partial charge on any atom is -0.366 e. The SMILES string of the molecule is CC1CC(C)CN(C2=C(c3ccc(F)cc3)C(=O)N(c3ccccc3Cl)C2=O)C1. The van der Waals surface area contributed by atoms with Gasteiger partial charge in [-0.25, -0.2) is 9.29 Å². The Balaban J connectivity index is 1.85. The molecular weight excluding hydrogens is 391 g/mol. The van der Waals surface area contributed by atoms with Crippen molar-refractivity contribution >= 4 is 34.7 Å². The second-order valence-electron chi connectivity index (χ2n) is 7.98. The average molecular weight is 413 g/mol. The third-order valence-corrected chi connectivity index (χ3v) is 5.79. The molecule has 29 heavy (non-hydrogen) atoms. The highest BCUT2D eigenvalue weighted by Gasteiger charge is 2.44. The normalized spacial score (nSPS) is 22.6. The fraction of sp³-hybridized carbons (Fsp3) is 0.304. The number of hydrogen-bond acceptors (Lipinski definition) is 3. The average Bonchev–Trinajstić information content (AvgIpc) is 2.93. The Hall–Kier alpha value is -2.66. The molecule has 0 saturated carbocycles. The molecule has 0 bridgehead atoms. The zero-order valence-corrected chi connectivity index (χ0v) is 17.1. The highest BCUT2D eigenvalue weighted by Crippen LogP contribution is 2.39. The first-order valence-electron chi connectivity index (χ1n) is 9.75. The van der Waals surface area contributed by atoms with Crippen molar-refractivity contribution in [1.29, 1.82) is 0 Å². The van der Waals surface area contributed by atoms with Gasteiger partial charge >= 0.3 is 0 Å². The van der Waals surface area contributed by atoms with E-state index >= 15 is 0 Å². The van der Waals surface area contributed by atoms with E-state index in [1.807, 2.05) is 4.90 Å². The van der Waals surface area contributed by atoms with Gasteiger partial charge in [0, 0.05) is 13.1 Å². The van der Waals surface area contributed by atoms with E-state index in [1.54, 1.807) is 36.4 Å². The summed E-state index contributed by atoms with van der Waals surface area (Å²) in [4.78, 5) is 30.1. The predicted octanol–water partition coefficient (Wildman–Crippen LogP) is 4.74. The minimum atomic E-state index is -0.435. The summed E-state index contributed by atoms with van der Waals surface area (Å²) >= 11 is 6.30. The molecule has 0 radical (unpaired) electrons. The van der Waals surface area contributed by atoms with Gasteiger partial charge in [-0.05, 0) is 48.1 Å². The van der Waals surface area contributed by atoms with Crippen LogP contribution in [0.15, 0.2) is 54.2 Å². The Morgan fingerprint density at radius 1 is 0.931 bits per heavy atom. The van der Waals surface area contributed by atoms with Crippen LogP contribution in [0.3, 0.4) is 0 Å². The van der Waals surface area contributed by atoms with E-state index in [0.29, 0.717) is 52.5 Å². The largest absolute Gasteiger partial charge is 0.366 e. The van der Waals surface area contributed by atoms with E-state index in [9.17, 15) is 14.0 Å².